The average Bonchev–Trinajstić information content (AvgIpc) is 2.46. The summed E-state index contributed by atoms with van der Waals surface area (Å²) in [7, 11) is 3.45. The molecule has 1 aromatic carbocycles. The first-order chi connectivity index (χ1) is 10.0. The van der Waals surface area contributed by atoms with Gasteiger partial charge in [-0.2, -0.15) is 0 Å². The zero-order chi connectivity index (χ0) is 15.4. The first-order valence-electron chi connectivity index (χ1n) is 6.26. The Morgan fingerprint density at radius 1 is 1.38 bits per heavy atom. The van der Waals surface area contributed by atoms with E-state index in [0.29, 0.717) is 12.4 Å². The second kappa shape index (κ2) is 6.08. The van der Waals surface area contributed by atoms with E-state index in [9.17, 15) is 10.1 Å². The van der Waals surface area contributed by atoms with Crippen molar-refractivity contribution in [1.29, 1.82) is 0 Å². The summed E-state index contributed by atoms with van der Waals surface area (Å²) in [5.41, 5.74) is 6.45. The van der Waals surface area contributed by atoms with Crippen LogP contribution in [0.5, 0.6) is 5.75 Å². The molecule has 2 aromatic rings. The van der Waals surface area contributed by atoms with Crippen LogP contribution in [0.1, 0.15) is 5.56 Å². The van der Waals surface area contributed by atoms with Gasteiger partial charge in [-0.15, -0.1) is 0 Å². The highest BCUT2D eigenvalue weighted by molar-refractivity contribution is 5.57. The molecule has 0 radical (unpaired) electrons. The Hall–Kier alpha value is -2.83. The summed E-state index contributed by atoms with van der Waals surface area (Å²) in [4.78, 5) is 16.1. The molecule has 0 aliphatic heterocycles. The number of nitrogens with zero attached hydrogens (tertiary/aromatic N) is 3. The maximum atomic E-state index is 10.7. The van der Waals surface area contributed by atoms with E-state index in [1.54, 1.807) is 13.2 Å². The van der Waals surface area contributed by atoms with Crippen LogP contribution in [0, 0.1) is 10.1 Å². The van der Waals surface area contributed by atoms with Gasteiger partial charge in [0, 0.05) is 19.7 Å². The summed E-state index contributed by atoms with van der Waals surface area (Å²) in [6.45, 7) is 0.585. The number of nitro groups is 1. The number of hydrogen-bond acceptors (Lipinski definition) is 6. The minimum atomic E-state index is -0.547. The molecule has 0 atom stereocenters. The van der Waals surface area contributed by atoms with Crippen molar-refractivity contribution in [2.24, 2.45) is 0 Å². The third-order valence-corrected chi connectivity index (χ3v) is 3.03. The van der Waals surface area contributed by atoms with Crippen molar-refractivity contribution in [3.63, 3.8) is 0 Å². The van der Waals surface area contributed by atoms with Crippen molar-refractivity contribution >= 4 is 17.3 Å². The molecule has 0 spiro atoms. The number of aromatic nitrogens is 1. The molecule has 1 aromatic heterocycles. The molecular weight excluding hydrogens is 272 g/mol. The molecule has 0 fully saturated rings. The largest absolute Gasteiger partial charge is 0.497 e. The van der Waals surface area contributed by atoms with Gasteiger partial charge in [-0.05, 0) is 23.8 Å². The Balaban J connectivity index is 2.18. The van der Waals surface area contributed by atoms with Gasteiger partial charge in [0.1, 0.15) is 11.6 Å². The minimum Gasteiger partial charge on any atom is -0.497 e. The number of nitrogens with two attached hydrogens (primary N) is 1. The number of nitrogen functional groups attached to an aromatic ring is 1. The number of methoxy groups -OCH3 is 1. The van der Waals surface area contributed by atoms with E-state index in [4.69, 9.17) is 10.5 Å². The molecule has 0 saturated heterocycles. The van der Waals surface area contributed by atoms with E-state index < -0.39 is 4.92 Å². The lowest BCUT2D eigenvalue weighted by molar-refractivity contribution is -0.384. The van der Waals surface area contributed by atoms with Crippen LogP contribution in [0.25, 0.3) is 0 Å². The standard InChI is InChI=1S/C14H16N4O3/c1-17(9-10-4-3-5-11(8-10)21-2)13-7-6-12(18(19)20)14(15)16-13/h3-8H,9H2,1-2H3,(H2,15,16). The summed E-state index contributed by atoms with van der Waals surface area (Å²) in [6, 6.07) is 10.6. The maximum absolute atomic E-state index is 10.7. The first-order valence-corrected chi connectivity index (χ1v) is 6.26. The lowest BCUT2D eigenvalue weighted by atomic mass is 10.2. The SMILES string of the molecule is COc1cccc(CN(C)c2ccc([N+](=O)[O-])c(N)n2)c1. The van der Waals surface area contributed by atoms with Crippen LogP contribution in [0.15, 0.2) is 36.4 Å². The van der Waals surface area contributed by atoms with Crippen LogP contribution < -0.4 is 15.4 Å². The van der Waals surface area contributed by atoms with Crippen LogP contribution in [0.2, 0.25) is 0 Å². The fourth-order valence-electron chi connectivity index (χ4n) is 1.95. The zero-order valence-electron chi connectivity index (χ0n) is 11.8. The van der Waals surface area contributed by atoms with Crippen LogP contribution in [0.3, 0.4) is 0 Å². The number of benzene rings is 1. The molecule has 110 valence electrons. The molecule has 0 unspecified atom stereocenters. The third-order valence-electron chi connectivity index (χ3n) is 3.03. The fourth-order valence-corrected chi connectivity index (χ4v) is 1.95. The van der Waals surface area contributed by atoms with Crippen molar-refractivity contribution in [2.75, 3.05) is 24.8 Å². The van der Waals surface area contributed by atoms with Crippen LogP contribution in [-0.4, -0.2) is 24.1 Å². The van der Waals surface area contributed by atoms with Crippen LogP contribution in [-0.2, 0) is 6.54 Å². The molecule has 7 heteroatoms. The Morgan fingerprint density at radius 3 is 2.76 bits per heavy atom. The summed E-state index contributed by atoms with van der Waals surface area (Å²) in [5, 5.41) is 10.7. The second-order valence-corrected chi connectivity index (χ2v) is 4.54. The smallest absolute Gasteiger partial charge is 0.311 e. The van der Waals surface area contributed by atoms with Gasteiger partial charge in [-0.1, -0.05) is 12.1 Å². The lowest BCUT2D eigenvalue weighted by Gasteiger charge is -2.18. The van der Waals surface area contributed by atoms with Gasteiger partial charge >= 0.3 is 5.69 Å². The summed E-state index contributed by atoms with van der Waals surface area (Å²) in [6.07, 6.45) is 0. The van der Waals surface area contributed by atoms with Crippen molar-refractivity contribution in [3.8, 4) is 5.75 Å². The highest BCUT2D eigenvalue weighted by Crippen LogP contribution is 2.23. The molecular formula is C14H16N4O3. The van der Waals surface area contributed by atoms with Crippen LogP contribution in [0.4, 0.5) is 17.3 Å². The van der Waals surface area contributed by atoms with Gasteiger partial charge in [0.15, 0.2) is 0 Å². The molecule has 1 heterocycles. The van der Waals surface area contributed by atoms with E-state index in [0.717, 1.165) is 11.3 Å². The normalized spacial score (nSPS) is 10.2. The summed E-state index contributed by atoms with van der Waals surface area (Å²) < 4.78 is 5.17. The molecule has 0 aliphatic carbocycles. The fraction of sp³-hybridized carbons (Fsp3) is 0.214. The van der Waals surface area contributed by atoms with Gasteiger partial charge in [-0.25, -0.2) is 4.98 Å². The Bertz CT molecular complexity index is 660. The summed E-state index contributed by atoms with van der Waals surface area (Å²) in [5.74, 6) is 1.26. The Labute approximate surface area is 122 Å². The van der Waals surface area contributed by atoms with E-state index >= 15 is 0 Å². The highest BCUT2D eigenvalue weighted by Gasteiger charge is 2.14. The molecule has 0 bridgehead atoms. The van der Waals surface area contributed by atoms with E-state index in [1.807, 2.05) is 36.2 Å². The number of pyridine rings is 1. The number of anilines is 2. The van der Waals surface area contributed by atoms with Crippen molar-refractivity contribution < 1.29 is 9.66 Å². The number of ether oxygens (including phenoxy) is 1. The summed E-state index contributed by atoms with van der Waals surface area (Å²) >= 11 is 0. The molecule has 0 saturated carbocycles. The molecule has 0 amide bonds. The Kier molecular flexibility index (Phi) is 4.22. The van der Waals surface area contributed by atoms with E-state index in [2.05, 4.69) is 4.98 Å². The van der Waals surface area contributed by atoms with Gasteiger partial charge in [-0.3, -0.25) is 10.1 Å². The van der Waals surface area contributed by atoms with Crippen molar-refractivity contribution in [3.05, 3.63) is 52.1 Å². The average molecular weight is 288 g/mol. The predicted molar refractivity (Wildman–Crippen MR) is 80.4 cm³/mol. The monoisotopic (exact) mass is 288 g/mol. The highest BCUT2D eigenvalue weighted by atomic mass is 16.6. The lowest BCUT2D eigenvalue weighted by Crippen LogP contribution is -2.18. The molecule has 2 rings (SSSR count). The number of hydrogen-bond donors (Lipinski definition) is 1. The van der Waals surface area contributed by atoms with Gasteiger partial charge in [0.05, 0.1) is 12.0 Å². The van der Waals surface area contributed by atoms with Gasteiger partial charge in [0.25, 0.3) is 0 Å². The van der Waals surface area contributed by atoms with Gasteiger partial charge in [0.2, 0.25) is 5.82 Å². The third kappa shape index (κ3) is 3.38. The molecule has 0 aliphatic rings. The first kappa shape index (κ1) is 14.6. The van der Waals surface area contributed by atoms with Crippen molar-refractivity contribution in [2.45, 2.75) is 6.54 Å². The molecule has 21 heavy (non-hydrogen) atoms. The van der Waals surface area contributed by atoms with Gasteiger partial charge < -0.3 is 15.4 Å². The minimum absolute atomic E-state index is 0.0880. The second-order valence-electron chi connectivity index (χ2n) is 4.54. The predicted octanol–water partition coefficient (Wildman–Crippen LogP) is 2.22. The Morgan fingerprint density at radius 2 is 2.14 bits per heavy atom. The quantitative estimate of drug-likeness (QED) is 0.669. The molecule has 7 nitrogen and oxygen atoms in total. The number of rotatable bonds is 5. The maximum Gasteiger partial charge on any atom is 0.311 e. The van der Waals surface area contributed by atoms with Crippen LogP contribution >= 0.6 is 0 Å². The van der Waals surface area contributed by atoms with E-state index in [-0.39, 0.29) is 11.5 Å². The zero-order valence-corrected chi connectivity index (χ0v) is 11.8. The van der Waals surface area contributed by atoms with E-state index in [1.165, 1.54) is 6.07 Å². The van der Waals surface area contributed by atoms with Crippen molar-refractivity contribution in [1.82, 2.24) is 4.98 Å². The topological polar surface area (TPSA) is 94.5 Å². The molecule has 2 N–H and O–H groups in total.